The van der Waals surface area contributed by atoms with Crippen LogP contribution in [0.5, 0.6) is 5.75 Å². The Morgan fingerprint density at radius 1 is 1.04 bits per heavy atom. The molecule has 1 aliphatic carbocycles. The second kappa shape index (κ2) is 7.23. The number of hydrogen-bond donors (Lipinski definition) is 1. The fourth-order valence-electron chi connectivity index (χ4n) is 3.18. The minimum absolute atomic E-state index is 0.293. The predicted octanol–water partition coefficient (Wildman–Crippen LogP) is 4.15. The Labute approximate surface area is 159 Å². The topological polar surface area (TPSA) is 55.1 Å². The molecule has 140 valence electrons. The molecule has 4 rings (SSSR count). The zero-order chi connectivity index (χ0) is 19.7. The summed E-state index contributed by atoms with van der Waals surface area (Å²) in [5.74, 6) is -1.86. The van der Waals surface area contributed by atoms with Crippen molar-refractivity contribution in [1.82, 2.24) is 9.55 Å². The van der Waals surface area contributed by atoms with E-state index in [9.17, 15) is 18.7 Å². The van der Waals surface area contributed by atoms with Crippen molar-refractivity contribution >= 4 is 5.57 Å². The molecule has 2 aromatic heterocycles. The Bertz CT molecular complexity index is 1110. The van der Waals surface area contributed by atoms with Gasteiger partial charge in [-0.25, -0.2) is 13.8 Å². The fraction of sp³-hybridized carbons (Fsp3) is 0.0909. The molecule has 4 nitrogen and oxygen atoms in total. The molecule has 0 bridgehead atoms. The third kappa shape index (κ3) is 3.36. The largest absolute Gasteiger partial charge is 0.503 e. The van der Waals surface area contributed by atoms with Crippen molar-refractivity contribution in [2.45, 2.75) is 12.1 Å². The third-order valence-electron chi connectivity index (χ3n) is 4.61. The summed E-state index contributed by atoms with van der Waals surface area (Å²) in [4.78, 5) is 15.7. The highest BCUT2D eigenvalue weighted by molar-refractivity contribution is 5.74. The Hall–Kier alpha value is -3.54. The van der Waals surface area contributed by atoms with Gasteiger partial charge in [-0.1, -0.05) is 48.6 Å². The lowest BCUT2D eigenvalue weighted by atomic mass is 9.88. The Morgan fingerprint density at radius 3 is 2.54 bits per heavy atom. The van der Waals surface area contributed by atoms with E-state index in [0.717, 1.165) is 18.0 Å². The molecular formula is C22H16F2N2O2. The summed E-state index contributed by atoms with van der Waals surface area (Å²) in [6.45, 7) is 0. The van der Waals surface area contributed by atoms with E-state index >= 15 is 0 Å². The van der Waals surface area contributed by atoms with Crippen LogP contribution in [-0.2, 0) is 0 Å². The van der Waals surface area contributed by atoms with Crippen LogP contribution in [-0.4, -0.2) is 20.8 Å². The molecule has 0 saturated heterocycles. The molecule has 2 heterocycles. The molecular weight excluding hydrogens is 362 g/mol. The van der Waals surface area contributed by atoms with Crippen LogP contribution in [0.25, 0.3) is 11.4 Å². The first-order chi connectivity index (χ1) is 13.5. The second-order valence-corrected chi connectivity index (χ2v) is 6.47. The van der Waals surface area contributed by atoms with Crippen LogP contribution in [0.4, 0.5) is 8.78 Å². The van der Waals surface area contributed by atoms with Crippen LogP contribution in [0.1, 0.15) is 17.2 Å². The minimum atomic E-state index is -1.21. The van der Waals surface area contributed by atoms with Crippen molar-refractivity contribution in [2.75, 3.05) is 0 Å². The molecule has 2 atom stereocenters. The van der Waals surface area contributed by atoms with Crippen molar-refractivity contribution < 1.29 is 13.9 Å². The number of allylic oxidation sites excluding steroid dienone is 4. The molecule has 1 aliphatic rings. The average molecular weight is 378 g/mol. The Morgan fingerprint density at radius 2 is 1.82 bits per heavy atom. The van der Waals surface area contributed by atoms with Crippen LogP contribution in [0.2, 0.25) is 0 Å². The van der Waals surface area contributed by atoms with Gasteiger partial charge in [0.05, 0.1) is 18.1 Å². The smallest absolute Gasteiger partial charge is 0.258 e. The van der Waals surface area contributed by atoms with Crippen molar-refractivity contribution in [1.29, 1.82) is 0 Å². The van der Waals surface area contributed by atoms with E-state index in [2.05, 4.69) is 4.98 Å². The van der Waals surface area contributed by atoms with Crippen LogP contribution in [0.15, 0.2) is 83.9 Å². The van der Waals surface area contributed by atoms with Gasteiger partial charge >= 0.3 is 0 Å². The molecule has 0 radical (unpaired) electrons. The third-order valence-corrected chi connectivity index (χ3v) is 4.61. The van der Waals surface area contributed by atoms with Crippen LogP contribution in [0, 0.1) is 5.82 Å². The number of hydrogen-bond acceptors (Lipinski definition) is 3. The fourth-order valence-corrected chi connectivity index (χ4v) is 3.18. The number of halogens is 2. The van der Waals surface area contributed by atoms with Gasteiger partial charge in [0.25, 0.3) is 5.43 Å². The molecule has 0 fully saturated rings. The summed E-state index contributed by atoms with van der Waals surface area (Å²) in [7, 11) is 0. The first kappa shape index (κ1) is 17.9. The molecule has 1 aromatic carbocycles. The van der Waals surface area contributed by atoms with Crippen molar-refractivity contribution in [3.8, 4) is 11.6 Å². The predicted molar refractivity (Wildman–Crippen MR) is 103 cm³/mol. The van der Waals surface area contributed by atoms with E-state index in [1.165, 1.54) is 10.6 Å². The van der Waals surface area contributed by atoms with Crippen LogP contribution in [0.3, 0.4) is 0 Å². The molecule has 0 spiro atoms. The first-order valence-electron chi connectivity index (χ1n) is 8.70. The van der Waals surface area contributed by atoms with Crippen LogP contribution < -0.4 is 5.43 Å². The number of nitrogens with zero attached hydrogens (tertiary/aromatic N) is 2. The van der Waals surface area contributed by atoms with Gasteiger partial charge in [-0.05, 0) is 29.3 Å². The summed E-state index contributed by atoms with van der Waals surface area (Å²) in [5.41, 5.74) is 0.925. The number of aromatic nitrogens is 2. The number of aromatic hydroxyl groups is 1. The summed E-state index contributed by atoms with van der Waals surface area (Å²) in [5, 5.41) is 9.56. The van der Waals surface area contributed by atoms with Crippen molar-refractivity contribution in [3.05, 3.63) is 106 Å². The normalized spacial score (nSPS) is 18.7. The lowest BCUT2D eigenvalue weighted by molar-refractivity contribution is 0.370. The highest BCUT2D eigenvalue weighted by Gasteiger charge is 2.23. The molecule has 0 amide bonds. The summed E-state index contributed by atoms with van der Waals surface area (Å²) >= 11 is 0. The van der Waals surface area contributed by atoms with E-state index in [-0.39, 0.29) is 5.92 Å². The SMILES string of the molecule is O=c1c(O)cn(-c2cccc(C3=CC(F)C(c4ccccc4)C=C3)n2)cc1F. The standard InChI is InChI=1S/C22H16F2N2O2/c23-17-11-15(9-10-16(17)14-5-2-1-3-6-14)19-7-4-8-21(25-19)26-12-18(24)22(28)20(27)13-26/h1-13,16-17,27H. The van der Waals surface area contributed by atoms with Gasteiger partial charge in [0, 0.05) is 5.92 Å². The Balaban J connectivity index is 1.66. The van der Waals surface area contributed by atoms with Crippen molar-refractivity contribution in [2.24, 2.45) is 0 Å². The average Bonchev–Trinajstić information content (AvgIpc) is 2.72. The van der Waals surface area contributed by atoms with Gasteiger partial charge in [0.15, 0.2) is 11.6 Å². The highest BCUT2D eigenvalue weighted by Crippen LogP contribution is 2.32. The highest BCUT2D eigenvalue weighted by atomic mass is 19.1. The van der Waals surface area contributed by atoms with Gasteiger partial charge in [-0.2, -0.15) is 0 Å². The first-order valence-corrected chi connectivity index (χ1v) is 8.70. The molecule has 0 aliphatic heterocycles. The summed E-state index contributed by atoms with van der Waals surface area (Å²) in [6.07, 6.45) is 5.95. The van der Waals surface area contributed by atoms with Gasteiger partial charge in [-0.3, -0.25) is 4.79 Å². The van der Waals surface area contributed by atoms with E-state index in [1.54, 1.807) is 24.3 Å². The van der Waals surface area contributed by atoms with E-state index in [1.807, 2.05) is 36.4 Å². The van der Waals surface area contributed by atoms with Gasteiger partial charge in [-0.15, -0.1) is 0 Å². The van der Waals surface area contributed by atoms with Crippen LogP contribution >= 0.6 is 0 Å². The van der Waals surface area contributed by atoms with Gasteiger partial charge in [0.2, 0.25) is 0 Å². The maximum absolute atomic E-state index is 14.8. The van der Waals surface area contributed by atoms with E-state index in [0.29, 0.717) is 17.1 Å². The zero-order valence-corrected chi connectivity index (χ0v) is 14.7. The zero-order valence-electron chi connectivity index (χ0n) is 14.7. The van der Waals surface area contributed by atoms with Gasteiger partial charge in [0.1, 0.15) is 12.0 Å². The van der Waals surface area contributed by atoms with Crippen molar-refractivity contribution in [3.63, 3.8) is 0 Å². The number of alkyl halides is 1. The maximum atomic E-state index is 14.8. The molecule has 0 saturated carbocycles. The quantitative estimate of drug-likeness (QED) is 0.745. The lowest BCUT2D eigenvalue weighted by Gasteiger charge is -2.21. The lowest BCUT2D eigenvalue weighted by Crippen LogP contribution is -2.14. The number of pyridine rings is 2. The van der Waals surface area contributed by atoms with Gasteiger partial charge < -0.3 is 9.67 Å². The second-order valence-electron chi connectivity index (χ2n) is 6.47. The maximum Gasteiger partial charge on any atom is 0.258 e. The summed E-state index contributed by atoms with van der Waals surface area (Å²) in [6, 6.07) is 14.4. The Kier molecular flexibility index (Phi) is 4.61. The minimum Gasteiger partial charge on any atom is -0.503 e. The number of rotatable bonds is 3. The molecule has 6 heteroatoms. The molecule has 3 aromatic rings. The number of benzene rings is 1. The molecule has 1 N–H and O–H groups in total. The van der Waals surface area contributed by atoms with E-state index < -0.39 is 23.2 Å². The monoisotopic (exact) mass is 378 g/mol. The molecule has 28 heavy (non-hydrogen) atoms. The summed E-state index contributed by atoms with van der Waals surface area (Å²) < 4.78 is 29.6. The molecule has 2 unspecified atom stereocenters. The van der Waals surface area contributed by atoms with E-state index in [4.69, 9.17) is 0 Å².